The third-order valence-electron chi connectivity index (χ3n) is 4.91. The van der Waals surface area contributed by atoms with Gasteiger partial charge in [0, 0.05) is 44.1 Å². The fourth-order valence-electron chi connectivity index (χ4n) is 3.75. The van der Waals surface area contributed by atoms with Crippen molar-refractivity contribution in [2.45, 2.75) is 38.1 Å². The molecule has 0 bridgehead atoms. The highest BCUT2D eigenvalue weighted by Crippen LogP contribution is 2.35. The van der Waals surface area contributed by atoms with Gasteiger partial charge in [-0.15, -0.1) is 10.2 Å². The maximum absolute atomic E-state index is 10.9. The molecule has 0 aliphatic carbocycles. The number of aryl methyl sites for hydroxylation is 1. The van der Waals surface area contributed by atoms with E-state index < -0.39 is 4.92 Å². The summed E-state index contributed by atoms with van der Waals surface area (Å²) >= 11 is 6.29. The van der Waals surface area contributed by atoms with Gasteiger partial charge in [-0.3, -0.25) is 10.1 Å². The van der Waals surface area contributed by atoms with E-state index in [4.69, 9.17) is 11.6 Å². The second-order valence-corrected chi connectivity index (χ2v) is 6.81. The molecule has 0 spiro atoms. The van der Waals surface area contributed by atoms with Gasteiger partial charge in [-0.05, 0) is 25.3 Å². The van der Waals surface area contributed by atoms with Gasteiger partial charge in [0.25, 0.3) is 5.69 Å². The molecule has 4 rings (SSSR count). The average Bonchev–Trinajstić information content (AvgIpc) is 3.18. The maximum Gasteiger partial charge on any atom is 0.271 e. The lowest BCUT2D eigenvalue weighted by Gasteiger charge is -2.34. The summed E-state index contributed by atoms with van der Waals surface area (Å²) in [5.74, 6) is 2.49. The first-order chi connectivity index (χ1) is 11.6. The molecule has 0 saturated carbocycles. The Bertz CT molecular complexity index is 791. The molecule has 2 aromatic rings. The summed E-state index contributed by atoms with van der Waals surface area (Å²) in [4.78, 5) is 12.7. The number of hydrogen-bond acceptors (Lipinski definition) is 5. The first kappa shape index (κ1) is 15.4. The molecule has 0 amide bonds. The number of piperidine rings is 1. The van der Waals surface area contributed by atoms with Crippen molar-refractivity contribution in [1.82, 2.24) is 14.8 Å². The van der Waals surface area contributed by atoms with Crippen LogP contribution in [0.5, 0.6) is 0 Å². The smallest absolute Gasteiger partial charge is 0.271 e. The first-order valence-corrected chi connectivity index (χ1v) is 8.62. The monoisotopic (exact) mass is 347 g/mol. The number of nitrogens with zero attached hydrogens (tertiary/aromatic N) is 5. The third-order valence-corrected chi connectivity index (χ3v) is 5.21. The lowest BCUT2D eigenvalue weighted by molar-refractivity contribution is -0.384. The Morgan fingerprint density at radius 2 is 2.12 bits per heavy atom. The maximum atomic E-state index is 10.9. The normalized spacial score (nSPS) is 20.2. The van der Waals surface area contributed by atoms with Crippen molar-refractivity contribution >= 4 is 23.0 Å². The molecule has 0 N–H and O–H groups in total. The van der Waals surface area contributed by atoms with E-state index >= 15 is 0 Å². The van der Waals surface area contributed by atoms with Gasteiger partial charge >= 0.3 is 0 Å². The fourth-order valence-corrected chi connectivity index (χ4v) is 4.04. The van der Waals surface area contributed by atoms with Gasteiger partial charge < -0.3 is 9.47 Å². The molecule has 7 nitrogen and oxygen atoms in total. The summed E-state index contributed by atoms with van der Waals surface area (Å²) in [6.07, 6.45) is 4.28. The standard InChI is InChI=1S/C16H18ClN5O2/c17-13-9-12(22(23)24)5-6-14(13)20-7-1-3-11(10-20)16-19-18-15-4-2-8-21(15)16/h5-6,9,11H,1-4,7-8,10H2. The summed E-state index contributed by atoms with van der Waals surface area (Å²) < 4.78 is 2.26. The van der Waals surface area contributed by atoms with Gasteiger partial charge in [0.05, 0.1) is 15.6 Å². The zero-order chi connectivity index (χ0) is 16.7. The number of aromatic nitrogens is 3. The minimum atomic E-state index is -0.422. The average molecular weight is 348 g/mol. The minimum absolute atomic E-state index is 0.0209. The predicted molar refractivity (Wildman–Crippen MR) is 90.6 cm³/mol. The van der Waals surface area contributed by atoms with E-state index in [0.29, 0.717) is 10.9 Å². The zero-order valence-electron chi connectivity index (χ0n) is 13.2. The van der Waals surface area contributed by atoms with Crippen molar-refractivity contribution < 1.29 is 4.92 Å². The van der Waals surface area contributed by atoms with Crippen LogP contribution >= 0.6 is 11.6 Å². The van der Waals surface area contributed by atoms with Gasteiger partial charge in [-0.1, -0.05) is 11.6 Å². The summed E-state index contributed by atoms with van der Waals surface area (Å²) in [6.45, 7) is 2.72. The Labute approximate surface area is 144 Å². The lowest BCUT2D eigenvalue weighted by Crippen LogP contribution is -2.35. The molecular weight excluding hydrogens is 330 g/mol. The topological polar surface area (TPSA) is 77.1 Å². The van der Waals surface area contributed by atoms with Crippen LogP contribution in [0.3, 0.4) is 0 Å². The van der Waals surface area contributed by atoms with Gasteiger partial charge in [-0.2, -0.15) is 0 Å². The molecule has 3 heterocycles. The van der Waals surface area contributed by atoms with E-state index in [1.807, 2.05) is 0 Å². The highest BCUT2D eigenvalue weighted by Gasteiger charge is 2.29. The summed E-state index contributed by atoms with van der Waals surface area (Å²) in [7, 11) is 0. The van der Waals surface area contributed by atoms with Crippen LogP contribution in [0.2, 0.25) is 5.02 Å². The van der Waals surface area contributed by atoms with E-state index in [-0.39, 0.29) is 5.69 Å². The van der Waals surface area contributed by atoms with Crippen LogP contribution in [-0.4, -0.2) is 32.8 Å². The number of rotatable bonds is 3. The summed E-state index contributed by atoms with van der Waals surface area (Å²) in [5, 5.41) is 20.0. The number of halogens is 1. The molecule has 2 aliphatic rings. The largest absolute Gasteiger partial charge is 0.370 e. The number of benzene rings is 1. The summed E-state index contributed by atoms with van der Waals surface area (Å²) in [5.41, 5.74) is 0.876. The Balaban J connectivity index is 1.58. The van der Waals surface area contributed by atoms with Crippen molar-refractivity contribution in [3.63, 3.8) is 0 Å². The number of fused-ring (bicyclic) bond motifs is 1. The van der Waals surface area contributed by atoms with E-state index in [2.05, 4.69) is 19.7 Å². The van der Waals surface area contributed by atoms with Crippen LogP contribution in [-0.2, 0) is 13.0 Å². The molecule has 1 saturated heterocycles. The molecule has 1 atom stereocenters. The SMILES string of the molecule is O=[N+]([O-])c1ccc(N2CCCC(c3nnc4n3CCC4)C2)c(Cl)c1. The van der Waals surface area contributed by atoms with Crippen molar-refractivity contribution in [3.05, 3.63) is 45.0 Å². The fraction of sp³-hybridized carbons (Fsp3) is 0.500. The van der Waals surface area contributed by atoms with Gasteiger partial charge in [0.15, 0.2) is 0 Å². The molecule has 1 unspecified atom stereocenters. The Kier molecular flexibility index (Phi) is 3.88. The van der Waals surface area contributed by atoms with Gasteiger partial charge in [-0.25, -0.2) is 0 Å². The first-order valence-electron chi connectivity index (χ1n) is 8.24. The van der Waals surface area contributed by atoms with Crippen molar-refractivity contribution in [3.8, 4) is 0 Å². The third kappa shape index (κ3) is 2.62. The predicted octanol–water partition coefficient (Wildman–Crippen LogP) is 3.17. The lowest BCUT2D eigenvalue weighted by atomic mass is 9.96. The molecular formula is C16H18ClN5O2. The quantitative estimate of drug-likeness (QED) is 0.629. The van der Waals surface area contributed by atoms with Crippen LogP contribution in [0.1, 0.15) is 36.8 Å². The molecule has 8 heteroatoms. The van der Waals surface area contributed by atoms with E-state index in [9.17, 15) is 10.1 Å². The zero-order valence-corrected chi connectivity index (χ0v) is 13.9. The molecule has 126 valence electrons. The number of non-ortho nitro benzene ring substituents is 1. The minimum Gasteiger partial charge on any atom is -0.370 e. The van der Waals surface area contributed by atoms with Crippen molar-refractivity contribution in [1.29, 1.82) is 0 Å². The van der Waals surface area contributed by atoms with Crippen molar-refractivity contribution in [2.24, 2.45) is 0 Å². The van der Waals surface area contributed by atoms with Crippen LogP contribution in [0, 0.1) is 10.1 Å². The van der Waals surface area contributed by atoms with Crippen molar-refractivity contribution in [2.75, 3.05) is 18.0 Å². The second kappa shape index (κ2) is 6.05. The van der Waals surface area contributed by atoms with Crippen LogP contribution in [0.15, 0.2) is 18.2 Å². The van der Waals surface area contributed by atoms with Crippen LogP contribution in [0.4, 0.5) is 11.4 Å². The number of hydrogen-bond donors (Lipinski definition) is 0. The highest BCUT2D eigenvalue weighted by atomic mass is 35.5. The number of anilines is 1. The Morgan fingerprint density at radius 3 is 2.92 bits per heavy atom. The Morgan fingerprint density at radius 1 is 1.25 bits per heavy atom. The molecule has 1 aromatic heterocycles. The van der Waals surface area contributed by atoms with E-state index in [0.717, 1.165) is 62.7 Å². The molecule has 0 radical (unpaired) electrons. The Hall–Kier alpha value is -2.15. The number of nitro benzene ring substituents is 1. The number of nitro groups is 1. The second-order valence-electron chi connectivity index (χ2n) is 6.41. The van der Waals surface area contributed by atoms with Crippen LogP contribution in [0.25, 0.3) is 0 Å². The molecule has 24 heavy (non-hydrogen) atoms. The van der Waals surface area contributed by atoms with E-state index in [1.54, 1.807) is 6.07 Å². The molecule has 2 aliphatic heterocycles. The van der Waals surface area contributed by atoms with Crippen LogP contribution < -0.4 is 4.90 Å². The molecule has 1 aromatic carbocycles. The molecule has 1 fully saturated rings. The van der Waals surface area contributed by atoms with Gasteiger partial charge in [0.2, 0.25) is 0 Å². The van der Waals surface area contributed by atoms with Gasteiger partial charge in [0.1, 0.15) is 11.6 Å². The highest BCUT2D eigenvalue weighted by molar-refractivity contribution is 6.33. The summed E-state index contributed by atoms with van der Waals surface area (Å²) in [6, 6.07) is 4.69. The van der Waals surface area contributed by atoms with E-state index in [1.165, 1.54) is 12.1 Å².